The predicted octanol–water partition coefficient (Wildman–Crippen LogP) is 6.17. The number of carbonyl (C=O) groups excluding carboxylic acids is 3. The molecule has 1 saturated heterocycles. The summed E-state index contributed by atoms with van der Waals surface area (Å²) in [6.45, 7) is 13.7. The molecule has 1 fully saturated rings. The molecule has 1 unspecified atom stereocenters. The third kappa shape index (κ3) is 6.68. The number of aryl methyl sites for hydroxylation is 1. The molecule has 230 valence electrons. The largest absolute Gasteiger partial charge is 0.507 e. The highest BCUT2D eigenvalue weighted by atomic mass is 32.1. The van der Waals surface area contributed by atoms with Gasteiger partial charge in [-0.2, -0.15) is 0 Å². The van der Waals surface area contributed by atoms with Crippen LogP contribution in [0.1, 0.15) is 52.8 Å². The topological polar surface area (TPSA) is 124 Å². The lowest BCUT2D eigenvalue weighted by atomic mass is 9.95. The van der Waals surface area contributed by atoms with E-state index in [1.807, 2.05) is 13.8 Å². The van der Waals surface area contributed by atoms with Crippen LogP contribution in [0.25, 0.3) is 5.76 Å². The van der Waals surface area contributed by atoms with Gasteiger partial charge >= 0.3 is 11.9 Å². The van der Waals surface area contributed by atoms with E-state index in [2.05, 4.69) is 18.1 Å². The molecule has 0 aliphatic carbocycles. The maximum absolute atomic E-state index is 13.7. The number of esters is 1. The molecule has 44 heavy (non-hydrogen) atoms. The fraction of sp³-hybridized carbons (Fsp3) is 0.273. The van der Waals surface area contributed by atoms with Crippen LogP contribution in [0.2, 0.25) is 0 Å². The Bertz CT molecular complexity index is 1590. The number of ketones is 1. The predicted molar refractivity (Wildman–Crippen MR) is 168 cm³/mol. The number of amides is 1. The molecule has 1 N–H and O–H groups in total. The Morgan fingerprint density at radius 3 is 2.41 bits per heavy atom. The second-order valence-electron chi connectivity index (χ2n) is 9.58. The molecular weight excluding hydrogens is 584 g/mol. The van der Waals surface area contributed by atoms with Gasteiger partial charge < -0.3 is 24.1 Å². The Hall–Kier alpha value is -4.90. The molecule has 0 bridgehead atoms. The van der Waals surface area contributed by atoms with Gasteiger partial charge in [0.2, 0.25) is 0 Å². The van der Waals surface area contributed by atoms with E-state index < -0.39 is 23.7 Å². The van der Waals surface area contributed by atoms with Gasteiger partial charge in [0.25, 0.3) is 5.78 Å². The number of rotatable bonds is 14. The van der Waals surface area contributed by atoms with Crippen LogP contribution in [0.4, 0.5) is 5.13 Å². The Morgan fingerprint density at radius 1 is 1.02 bits per heavy atom. The highest BCUT2D eigenvalue weighted by Crippen LogP contribution is 2.45. The van der Waals surface area contributed by atoms with E-state index in [-0.39, 0.29) is 34.6 Å². The Labute approximate surface area is 259 Å². The summed E-state index contributed by atoms with van der Waals surface area (Å²) in [5.41, 5.74) is 0.942. The van der Waals surface area contributed by atoms with E-state index in [0.717, 1.165) is 17.8 Å². The molecule has 2 aromatic carbocycles. The van der Waals surface area contributed by atoms with Crippen LogP contribution < -0.4 is 19.1 Å². The average molecular weight is 619 g/mol. The minimum Gasteiger partial charge on any atom is -0.507 e. The number of hydrogen-bond acceptors (Lipinski definition) is 10. The molecule has 4 rings (SSSR count). The second-order valence-corrected chi connectivity index (χ2v) is 10.6. The van der Waals surface area contributed by atoms with Crippen LogP contribution in [0, 0.1) is 6.92 Å². The normalized spacial score (nSPS) is 15.6. The molecule has 0 spiro atoms. The number of thiazole rings is 1. The van der Waals surface area contributed by atoms with Crippen LogP contribution in [-0.2, 0) is 14.3 Å². The summed E-state index contributed by atoms with van der Waals surface area (Å²) < 4.78 is 22.4. The number of hydrogen-bond donors (Lipinski definition) is 1. The molecule has 1 aliphatic heterocycles. The summed E-state index contributed by atoms with van der Waals surface area (Å²) in [7, 11) is 0. The van der Waals surface area contributed by atoms with E-state index in [1.165, 1.54) is 11.0 Å². The van der Waals surface area contributed by atoms with Crippen LogP contribution in [0.3, 0.4) is 0 Å². The highest BCUT2D eigenvalue weighted by Gasteiger charge is 2.48. The summed E-state index contributed by atoms with van der Waals surface area (Å²) in [4.78, 5) is 45.8. The van der Waals surface area contributed by atoms with Crippen molar-refractivity contribution >= 4 is 39.9 Å². The smallest absolute Gasteiger partial charge is 0.350 e. The van der Waals surface area contributed by atoms with Gasteiger partial charge in [-0.05, 0) is 62.2 Å². The van der Waals surface area contributed by atoms with Crippen molar-refractivity contribution in [3.8, 4) is 17.2 Å². The van der Waals surface area contributed by atoms with Crippen molar-refractivity contribution in [2.45, 2.75) is 33.2 Å². The lowest BCUT2D eigenvalue weighted by Crippen LogP contribution is -2.29. The summed E-state index contributed by atoms with van der Waals surface area (Å²) in [6.07, 6.45) is 3.87. The van der Waals surface area contributed by atoms with Gasteiger partial charge in [0.1, 0.15) is 29.6 Å². The van der Waals surface area contributed by atoms with Crippen molar-refractivity contribution in [3.05, 3.63) is 95.0 Å². The number of aliphatic hydroxyl groups is 1. The van der Waals surface area contributed by atoms with Crippen LogP contribution in [0.15, 0.2) is 73.3 Å². The monoisotopic (exact) mass is 618 g/mol. The number of Topliss-reactive ketones (excluding diaryl/α,β-unsaturated/α-hetero) is 1. The first-order valence-corrected chi connectivity index (χ1v) is 14.9. The quantitative estimate of drug-likeness (QED) is 0.0742. The number of aromatic nitrogens is 1. The Morgan fingerprint density at radius 2 is 1.75 bits per heavy atom. The molecule has 0 saturated carbocycles. The van der Waals surface area contributed by atoms with Crippen LogP contribution >= 0.6 is 11.3 Å². The number of carbonyl (C=O) groups is 3. The van der Waals surface area contributed by atoms with Crippen LogP contribution in [-0.4, -0.2) is 54.2 Å². The number of ether oxygens (including phenoxy) is 4. The number of nitrogens with zero attached hydrogens (tertiary/aromatic N) is 2. The maximum Gasteiger partial charge on any atom is 0.350 e. The van der Waals surface area contributed by atoms with E-state index in [4.69, 9.17) is 18.9 Å². The molecule has 11 heteroatoms. The zero-order chi connectivity index (χ0) is 31.8. The first-order chi connectivity index (χ1) is 21.2. The fourth-order valence-electron chi connectivity index (χ4n) is 4.54. The lowest BCUT2D eigenvalue weighted by Gasteiger charge is -2.24. The first kappa shape index (κ1) is 32.0. The van der Waals surface area contributed by atoms with Gasteiger partial charge in [0, 0.05) is 5.56 Å². The lowest BCUT2D eigenvalue weighted by molar-refractivity contribution is -0.132. The molecule has 2 heterocycles. The highest BCUT2D eigenvalue weighted by molar-refractivity contribution is 7.17. The molecule has 1 amide bonds. The summed E-state index contributed by atoms with van der Waals surface area (Å²) in [6, 6.07) is 10.5. The number of aliphatic hydroxyl groups excluding tert-OH is 1. The third-order valence-corrected chi connectivity index (χ3v) is 7.63. The van der Waals surface area contributed by atoms with Gasteiger partial charge in [-0.15, -0.1) is 0 Å². The fourth-order valence-corrected chi connectivity index (χ4v) is 5.52. The summed E-state index contributed by atoms with van der Waals surface area (Å²) in [5, 5.41) is 11.6. The van der Waals surface area contributed by atoms with Gasteiger partial charge in [0.05, 0.1) is 30.5 Å². The van der Waals surface area contributed by atoms with Crippen molar-refractivity contribution in [1.82, 2.24) is 4.98 Å². The zero-order valence-electron chi connectivity index (χ0n) is 24.8. The van der Waals surface area contributed by atoms with Gasteiger partial charge in [0.15, 0.2) is 16.6 Å². The standard InChI is InChI=1S/C33H34N2O8S/c1-6-16-41-23-13-10-21(11-14-23)28(36)26-27(22-12-15-24(42-17-7-2)25(19-22)40-9-4)35(31(38)29(26)37)33-34-20(5)30(44-33)32(39)43-18-8-3/h7-8,10-15,19,27,36H,2-3,6,9,16-18H2,1,4-5H3. The van der Waals surface area contributed by atoms with E-state index in [1.54, 1.807) is 55.5 Å². The first-order valence-electron chi connectivity index (χ1n) is 14.1. The molecule has 1 atom stereocenters. The van der Waals surface area contributed by atoms with Gasteiger partial charge in [-0.1, -0.05) is 49.6 Å². The van der Waals surface area contributed by atoms with E-state index in [9.17, 15) is 19.5 Å². The molecule has 3 aromatic rings. The third-order valence-electron chi connectivity index (χ3n) is 6.49. The summed E-state index contributed by atoms with van der Waals surface area (Å²) >= 11 is 0.912. The van der Waals surface area contributed by atoms with Crippen molar-refractivity contribution in [3.63, 3.8) is 0 Å². The van der Waals surface area contributed by atoms with Gasteiger partial charge in [-0.25, -0.2) is 9.78 Å². The molecule has 1 aliphatic rings. The maximum atomic E-state index is 13.7. The molecule has 1 aromatic heterocycles. The Balaban J connectivity index is 1.88. The van der Waals surface area contributed by atoms with Crippen molar-refractivity contribution in [1.29, 1.82) is 0 Å². The van der Waals surface area contributed by atoms with E-state index in [0.29, 0.717) is 47.3 Å². The average Bonchev–Trinajstić information content (AvgIpc) is 3.54. The molecule has 10 nitrogen and oxygen atoms in total. The SMILES string of the molecule is C=CCOC(=O)c1sc(N2C(=O)C(=O)C(=C(O)c3ccc(OCCC)cc3)C2c2ccc(OCC=C)c(OCC)c2)nc1C. The van der Waals surface area contributed by atoms with Crippen molar-refractivity contribution in [2.75, 3.05) is 31.3 Å². The zero-order valence-corrected chi connectivity index (χ0v) is 25.6. The van der Waals surface area contributed by atoms with Crippen molar-refractivity contribution in [2.24, 2.45) is 0 Å². The number of anilines is 1. The van der Waals surface area contributed by atoms with Crippen molar-refractivity contribution < 1.29 is 38.4 Å². The van der Waals surface area contributed by atoms with E-state index >= 15 is 0 Å². The minimum absolute atomic E-state index is 0.00122. The molecule has 0 radical (unpaired) electrons. The van der Waals surface area contributed by atoms with Crippen LogP contribution in [0.5, 0.6) is 17.2 Å². The minimum atomic E-state index is -1.11. The Kier molecular flexibility index (Phi) is 10.6. The number of benzene rings is 2. The summed E-state index contributed by atoms with van der Waals surface area (Å²) in [5.74, 6) is -1.41. The molecular formula is C33H34N2O8S. The van der Waals surface area contributed by atoms with Gasteiger partial charge in [-0.3, -0.25) is 14.5 Å². The second kappa shape index (κ2) is 14.5.